The highest BCUT2D eigenvalue weighted by molar-refractivity contribution is 7.86. The summed E-state index contributed by atoms with van der Waals surface area (Å²) >= 11 is 0. The molecule has 19 heavy (non-hydrogen) atoms. The SMILES string of the molecule is CC(c1ccccc1)c1ccc(OS(C)(=O)=O)cc1. The molecule has 1 unspecified atom stereocenters. The Bertz CT molecular complexity index is 631. The normalized spacial score (nSPS) is 12.9. The summed E-state index contributed by atoms with van der Waals surface area (Å²) in [6, 6.07) is 17.3. The first-order chi connectivity index (χ1) is 8.96. The molecule has 0 aliphatic heterocycles. The first kappa shape index (κ1) is 13.6. The van der Waals surface area contributed by atoms with Crippen LogP contribution in [0.25, 0.3) is 0 Å². The van der Waals surface area contributed by atoms with E-state index in [4.69, 9.17) is 4.18 Å². The van der Waals surface area contributed by atoms with Gasteiger partial charge in [-0.05, 0) is 23.3 Å². The van der Waals surface area contributed by atoms with Crippen molar-refractivity contribution >= 4 is 10.1 Å². The van der Waals surface area contributed by atoms with Crippen LogP contribution in [-0.4, -0.2) is 14.7 Å². The van der Waals surface area contributed by atoms with Gasteiger partial charge >= 0.3 is 10.1 Å². The maximum absolute atomic E-state index is 11.0. The molecule has 100 valence electrons. The van der Waals surface area contributed by atoms with Crippen molar-refractivity contribution in [2.24, 2.45) is 0 Å². The lowest BCUT2D eigenvalue weighted by Crippen LogP contribution is -2.05. The molecule has 3 nitrogen and oxygen atoms in total. The minimum Gasteiger partial charge on any atom is -0.383 e. The topological polar surface area (TPSA) is 43.4 Å². The van der Waals surface area contributed by atoms with Crippen molar-refractivity contribution in [3.05, 3.63) is 65.7 Å². The van der Waals surface area contributed by atoms with E-state index < -0.39 is 10.1 Å². The van der Waals surface area contributed by atoms with E-state index in [9.17, 15) is 8.42 Å². The molecular formula is C15H16O3S. The Labute approximate surface area is 114 Å². The molecular weight excluding hydrogens is 260 g/mol. The third-order valence-electron chi connectivity index (χ3n) is 2.93. The van der Waals surface area contributed by atoms with Gasteiger partial charge in [-0.25, -0.2) is 0 Å². The number of rotatable bonds is 4. The van der Waals surface area contributed by atoms with Crippen LogP contribution in [0.3, 0.4) is 0 Å². The average Bonchev–Trinajstić information content (AvgIpc) is 2.38. The lowest BCUT2D eigenvalue weighted by atomic mass is 9.93. The van der Waals surface area contributed by atoms with Crippen molar-refractivity contribution in [2.75, 3.05) is 6.26 Å². The van der Waals surface area contributed by atoms with E-state index in [1.165, 1.54) is 5.56 Å². The van der Waals surface area contributed by atoms with Gasteiger partial charge in [0.1, 0.15) is 5.75 Å². The Kier molecular flexibility index (Phi) is 3.90. The van der Waals surface area contributed by atoms with E-state index in [0.29, 0.717) is 5.75 Å². The molecule has 0 N–H and O–H groups in total. The van der Waals surface area contributed by atoms with Crippen LogP contribution < -0.4 is 4.18 Å². The standard InChI is InChI=1S/C15H16O3S/c1-12(13-6-4-3-5-7-13)14-8-10-15(11-9-14)18-19(2,16)17/h3-12H,1-2H3. The lowest BCUT2D eigenvalue weighted by Gasteiger charge is -2.12. The molecule has 0 aromatic heterocycles. The summed E-state index contributed by atoms with van der Waals surface area (Å²) < 4.78 is 26.9. The number of benzene rings is 2. The van der Waals surface area contributed by atoms with Gasteiger partial charge in [0.25, 0.3) is 0 Å². The molecule has 0 spiro atoms. The van der Waals surface area contributed by atoms with Crippen molar-refractivity contribution in [3.63, 3.8) is 0 Å². The van der Waals surface area contributed by atoms with Crippen molar-refractivity contribution in [3.8, 4) is 5.75 Å². The minimum absolute atomic E-state index is 0.258. The van der Waals surface area contributed by atoms with E-state index in [2.05, 4.69) is 19.1 Å². The highest BCUT2D eigenvalue weighted by atomic mass is 32.2. The van der Waals surface area contributed by atoms with Crippen LogP contribution in [0.4, 0.5) is 0 Å². The Morgan fingerprint density at radius 3 is 1.95 bits per heavy atom. The fourth-order valence-electron chi connectivity index (χ4n) is 1.92. The van der Waals surface area contributed by atoms with Gasteiger partial charge in [0.15, 0.2) is 0 Å². The second-order valence-corrected chi connectivity index (χ2v) is 6.06. The zero-order valence-corrected chi connectivity index (χ0v) is 11.7. The summed E-state index contributed by atoms with van der Waals surface area (Å²) in [6.45, 7) is 2.11. The van der Waals surface area contributed by atoms with Gasteiger partial charge in [0.05, 0.1) is 6.26 Å². The summed E-state index contributed by atoms with van der Waals surface area (Å²) in [4.78, 5) is 0. The predicted octanol–water partition coefficient (Wildman–Crippen LogP) is 3.18. The summed E-state index contributed by atoms with van der Waals surface area (Å²) in [5.41, 5.74) is 2.34. The number of hydrogen-bond donors (Lipinski definition) is 0. The fourth-order valence-corrected chi connectivity index (χ4v) is 2.38. The minimum atomic E-state index is -3.46. The Morgan fingerprint density at radius 1 is 0.895 bits per heavy atom. The highest BCUT2D eigenvalue weighted by Crippen LogP contribution is 2.25. The van der Waals surface area contributed by atoms with Crippen molar-refractivity contribution in [1.82, 2.24) is 0 Å². The monoisotopic (exact) mass is 276 g/mol. The highest BCUT2D eigenvalue weighted by Gasteiger charge is 2.09. The Morgan fingerprint density at radius 2 is 1.42 bits per heavy atom. The first-order valence-corrected chi connectivity index (χ1v) is 7.82. The van der Waals surface area contributed by atoms with Crippen LogP contribution in [0.1, 0.15) is 24.0 Å². The molecule has 0 aliphatic rings. The molecule has 0 amide bonds. The summed E-state index contributed by atoms with van der Waals surface area (Å²) in [6.07, 6.45) is 1.04. The van der Waals surface area contributed by atoms with Gasteiger partial charge in [0.2, 0.25) is 0 Å². The molecule has 0 bridgehead atoms. The Hall–Kier alpha value is -1.81. The fraction of sp³-hybridized carbons (Fsp3) is 0.200. The van der Waals surface area contributed by atoms with Gasteiger partial charge in [-0.3, -0.25) is 0 Å². The van der Waals surface area contributed by atoms with Crippen LogP contribution in [0.5, 0.6) is 5.75 Å². The molecule has 0 saturated carbocycles. The zero-order valence-electron chi connectivity index (χ0n) is 10.9. The molecule has 0 aliphatic carbocycles. The van der Waals surface area contributed by atoms with Crippen LogP contribution in [-0.2, 0) is 10.1 Å². The third-order valence-corrected chi connectivity index (χ3v) is 3.42. The zero-order chi connectivity index (χ0) is 13.9. The summed E-state index contributed by atoms with van der Waals surface area (Å²) in [5, 5.41) is 0. The molecule has 1 atom stereocenters. The van der Waals surface area contributed by atoms with Crippen LogP contribution in [0, 0.1) is 0 Å². The molecule has 0 saturated heterocycles. The molecule has 2 aromatic carbocycles. The van der Waals surface area contributed by atoms with Crippen LogP contribution in [0.2, 0.25) is 0 Å². The van der Waals surface area contributed by atoms with E-state index in [0.717, 1.165) is 11.8 Å². The molecule has 0 fully saturated rings. The summed E-state index contributed by atoms with van der Waals surface area (Å²) in [7, 11) is -3.46. The maximum atomic E-state index is 11.0. The second-order valence-electron chi connectivity index (χ2n) is 4.49. The van der Waals surface area contributed by atoms with Crippen LogP contribution >= 0.6 is 0 Å². The largest absolute Gasteiger partial charge is 0.383 e. The first-order valence-electron chi connectivity index (χ1n) is 6.00. The van der Waals surface area contributed by atoms with Gasteiger partial charge in [-0.1, -0.05) is 49.4 Å². The third kappa shape index (κ3) is 3.83. The van der Waals surface area contributed by atoms with Crippen molar-refractivity contribution < 1.29 is 12.6 Å². The summed E-state index contributed by atoms with van der Waals surface area (Å²) in [5.74, 6) is 0.597. The predicted molar refractivity (Wildman–Crippen MR) is 75.9 cm³/mol. The number of hydrogen-bond acceptors (Lipinski definition) is 3. The molecule has 2 rings (SSSR count). The van der Waals surface area contributed by atoms with Gasteiger partial charge in [-0.15, -0.1) is 0 Å². The lowest BCUT2D eigenvalue weighted by molar-refractivity contribution is 0.493. The smallest absolute Gasteiger partial charge is 0.306 e. The molecule has 2 aromatic rings. The Balaban J connectivity index is 2.19. The van der Waals surface area contributed by atoms with E-state index >= 15 is 0 Å². The second kappa shape index (κ2) is 5.45. The van der Waals surface area contributed by atoms with Crippen molar-refractivity contribution in [1.29, 1.82) is 0 Å². The maximum Gasteiger partial charge on any atom is 0.306 e. The van der Waals surface area contributed by atoms with Gasteiger partial charge in [0, 0.05) is 5.92 Å². The average molecular weight is 276 g/mol. The van der Waals surface area contributed by atoms with E-state index in [1.807, 2.05) is 30.3 Å². The molecule has 0 radical (unpaired) electrons. The quantitative estimate of drug-likeness (QED) is 0.806. The van der Waals surface area contributed by atoms with Gasteiger partial charge < -0.3 is 4.18 Å². The van der Waals surface area contributed by atoms with E-state index in [1.54, 1.807) is 12.1 Å². The molecule has 4 heteroatoms. The molecule has 0 heterocycles. The van der Waals surface area contributed by atoms with E-state index in [-0.39, 0.29) is 5.92 Å². The van der Waals surface area contributed by atoms with Gasteiger partial charge in [-0.2, -0.15) is 8.42 Å². The van der Waals surface area contributed by atoms with Crippen LogP contribution in [0.15, 0.2) is 54.6 Å². The van der Waals surface area contributed by atoms with Crippen molar-refractivity contribution in [2.45, 2.75) is 12.8 Å².